The number of rotatable bonds is 4. The van der Waals surface area contributed by atoms with Crippen molar-refractivity contribution in [3.8, 4) is 51.0 Å². The molecule has 9 aromatic rings. The van der Waals surface area contributed by atoms with Gasteiger partial charge in [-0.3, -0.25) is 0 Å². The number of benzene rings is 6. The molecule has 6 aromatic carbocycles. The zero-order chi connectivity index (χ0) is 33.5. The minimum absolute atomic E-state index is 0.0507. The van der Waals surface area contributed by atoms with Crippen molar-refractivity contribution in [2.24, 2.45) is 0 Å². The van der Waals surface area contributed by atoms with Crippen LogP contribution in [0.15, 0.2) is 161 Å². The molecule has 2 aliphatic rings. The summed E-state index contributed by atoms with van der Waals surface area (Å²) in [4.78, 5) is 15.2. The third-order valence-corrected chi connectivity index (χ3v) is 10.1. The van der Waals surface area contributed by atoms with Crippen LogP contribution in [0, 0.1) is 0 Å². The van der Waals surface area contributed by atoms with Gasteiger partial charge in [0, 0.05) is 49.7 Å². The maximum atomic E-state index is 6.43. The molecule has 51 heavy (non-hydrogen) atoms. The van der Waals surface area contributed by atoms with Gasteiger partial charge in [-0.05, 0) is 59.7 Å². The molecule has 0 radical (unpaired) electrons. The molecule has 1 aliphatic heterocycles. The Morgan fingerprint density at radius 3 is 2.10 bits per heavy atom. The van der Waals surface area contributed by atoms with Crippen LogP contribution in [0.1, 0.15) is 11.5 Å². The molecule has 6 nitrogen and oxygen atoms in total. The van der Waals surface area contributed by atoms with E-state index in [1.54, 1.807) is 0 Å². The van der Waals surface area contributed by atoms with Gasteiger partial charge in [-0.15, -0.1) is 0 Å². The highest BCUT2D eigenvalue weighted by molar-refractivity contribution is 6.13. The van der Waals surface area contributed by atoms with Crippen molar-refractivity contribution < 1.29 is 13.6 Å². The Hall–Kier alpha value is -6.79. The summed E-state index contributed by atoms with van der Waals surface area (Å²) < 4.78 is 19.0. The van der Waals surface area contributed by atoms with Crippen LogP contribution < -0.4 is 4.74 Å². The molecule has 2 atom stereocenters. The lowest BCUT2D eigenvalue weighted by atomic mass is 9.91. The standard InChI is InChI=1S/C45H27N3O3/c1-2-9-26(10-3-1)43-46-44(29-18-21-33-31-12-5-7-15-37(31)51-41(33)25-29)48-45(47-43)34-13-8-16-39-42(34)35-23-27(19-22-38(35)49-39)28-17-20-32-30-11-4-6-14-36(30)50-40(32)24-28/h1-25,30,36H. The molecule has 0 fully saturated rings. The van der Waals surface area contributed by atoms with Gasteiger partial charge in [-0.2, -0.15) is 0 Å². The molecule has 3 aromatic heterocycles. The second-order valence-corrected chi connectivity index (χ2v) is 13.1. The molecule has 0 amide bonds. The van der Waals surface area contributed by atoms with Gasteiger partial charge in [-0.25, -0.2) is 15.0 Å². The first-order valence-corrected chi connectivity index (χ1v) is 17.1. The van der Waals surface area contributed by atoms with Crippen molar-refractivity contribution in [3.63, 3.8) is 0 Å². The average Bonchev–Trinajstić information content (AvgIpc) is 3.88. The molecular formula is C45H27N3O3. The third kappa shape index (κ3) is 4.46. The SMILES string of the molecule is C1=CC2Oc3cc(-c4ccc5oc6cccc(-c7nc(-c8ccccc8)nc(-c8ccc9c(c8)oc8ccccc89)n7)c6c5c4)ccc3C2C=C1. The van der Waals surface area contributed by atoms with E-state index >= 15 is 0 Å². The first-order valence-electron chi connectivity index (χ1n) is 17.1. The van der Waals surface area contributed by atoms with Crippen molar-refractivity contribution in [1.82, 2.24) is 15.0 Å². The molecule has 0 bridgehead atoms. The monoisotopic (exact) mass is 657 g/mol. The number of hydrogen-bond donors (Lipinski definition) is 0. The number of aromatic nitrogens is 3. The fraction of sp³-hybridized carbons (Fsp3) is 0.0444. The smallest absolute Gasteiger partial charge is 0.164 e. The largest absolute Gasteiger partial charge is 0.485 e. The van der Waals surface area contributed by atoms with E-state index < -0.39 is 0 Å². The van der Waals surface area contributed by atoms with Gasteiger partial charge in [-0.1, -0.05) is 103 Å². The summed E-state index contributed by atoms with van der Waals surface area (Å²) in [5.41, 5.74) is 9.22. The van der Waals surface area contributed by atoms with Crippen LogP contribution in [-0.2, 0) is 0 Å². The highest BCUT2D eigenvalue weighted by atomic mass is 16.5. The van der Waals surface area contributed by atoms with Gasteiger partial charge in [0.1, 0.15) is 34.2 Å². The van der Waals surface area contributed by atoms with Crippen LogP contribution in [0.4, 0.5) is 0 Å². The molecule has 0 N–H and O–H groups in total. The maximum Gasteiger partial charge on any atom is 0.164 e. The molecule has 240 valence electrons. The van der Waals surface area contributed by atoms with Crippen molar-refractivity contribution in [1.29, 1.82) is 0 Å². The quantitative estimate of drug-likeness (QED) is 0.187. The van der Waals surface area contributed by atoms with E-state index in [2.05, 4.69) is 78.9 Å². The van der Waals surface area contributed by atoms with E-state index in [9.17, 15) is 0 Å². The first kappa shape index (κ1) is 28.1. The number of hydrogen-bond acceptors (Lipinski definition) is 6. The number of nitrogens with zero attached hydrogens (tertiary/aromatic N) is 3. The Bertz CT molecular complexity index is 2920. The number of allylic oxidation sites excluding steroid dienone is 2. The van der Waals surface area contributed by atoms with Crippen LogP contribution in [-0.4, -0.2) is 21.1 Å². The van der Waals surface area contributed by atoms with Crippen molar-refractivity contribution in [3.05, 3.63) is 157 Å². The fourth-order valence-electron chi connectivity index (χ4n) is 7.62. The Kier molecular flexibility index (Phi) is 5.98. The van der Waals surface area contributed by atoms with Crippen molar-refractivity contribution in [2.45, 2.75) is 12.0 Å². The maximum absolute atomic E-state index is 6.43. The summed E-state index contributed by atoms with van der Waals surface area (Å²) in [6.07, 6.45) is 8.55. The Balaban J connectivity index is 1.08. The van der Waals surface area contributed by atoms with Crippen LogP contribution in [0.5, 0.6) is 5.75 Å². The summed E-state index contributed by atoms with van der Waals surface area (Å²) in [6, 6.07) is 43.2. The van der Waals surface area contributed by atoms with Gasteiger partial charge in [0.2, 0.25) is 0 Å². The Morgan fingerprint density at radius 2 is 1.16 bits per heavy atom. The fourth-order valence-corrected chi connectivity index (χ4v) is 7.62. The van der Waals surface area contributed by atoms with E-state index in [0.29, 0.717) is 17.5 Å². The second kappa shape index (κ2) is 10.9. The predicted octanol–water partition coefficient (Wildman–Crippen LogP) is 11.3. The molecule has 11 rings (SSSR count). The number of fused-ring (bicyclic) bond motifs is 9. The highest BCUT2D eigenvalue weighted by Gasteiger charge is 2.32. The Labute approximate surface area is 292 Å². The zero-order valence-electron chi connectivity index (χ0n) is 27.2. The van der Waals surface area contributed by atoms with Gasteiger partial charge in [0.25, 0.3) is 0 Å². The first-order chi connectivity index (χ1) is 25.2. The van der Waals surface area contributed by atoms with Crippen LogP contribution in [0.25, 0.3) is 89.2 Å². The van der Waals surface area contributed by atoms with E-state index in [-0.39, 0.29) is 12.0 Å². The molecule has 0 saturated carbocycles. The van der Waals surface area contributed by atoms with Crippen molar-refractivity contribution >= 4 is 43.9 Å². The van der Waals surface area contributed by atoms with Crippen LogP contribution >= 0.6 is 0 Å². The summed E-state index contributed by atoms with van der Waals surface area (Å²) in [5, 5.41) is 4.08. The molecule has 4 heterocycles. The number of furan rings is 2. The average molecular weight is 658 g/mol. The van der Waals surface area contributed by atoms with E-state index in [1.165, 1.54) is 5.56 Å². The molecule has 6 heteroatoms. The lowest BCUT2D eigenvalue weighted by Crippen LogP contribution is -2.15. The molecule has 2 unspecified atom stereocenters. The van der Waals surface area contributed by atoms with E-state index in [1.807, 2.05) is 72.8 Å². The summed E-state index contributed by atoms with van der Waals surface area (Å²) in [7, 11) is 0. The lowest BCUT2D eigenvalue weighted by molar-refractivity contribution is 0.269. The topological polar surface area (TPSA) is 74.2 Å². The van der Waals surface area contributed by atoms with Gasteiger partial charge in [0.05, 0.1) is 0 Å². The summed E-state index contributed by atoms with van der Waals surface area (Å²) in [6.45, 7) is 0. The third-order valence-electron chi connectivity index (χ3n) is 10.1. The summed E-state index contributed by atoms with van der Waals surface area (Å²) in [5.74, 6) is 2.92. The second-order valence-electron chi connectivity index (χ2n) is 13.1. The molecule has 1 aliphatic carbocycles. The molecule has 0 saturated heterocycles. The number of para-hydroxylation sites is 1. The van der Waals surface area contributed by atoms with Crippen LogP contribution in [0.2, 0.25) is 0 Å². The van der Waals surface area contributed by atoms with E-state index in [0.717, 1.165) is 77.4 Å². The Morgan fingerprint density at radius 1 is 0.451 bits per heavy atom. The van der Waals surface area contributed by atoms with Gasteiger partial charge >= 0.3 is 0 Å². The van der Waals surface area contributed by atoms with E-state index in [4.69, 9.17) is 28.5 Å². The lowest BCUT2D eigenvalue weighted by Gasteiger charge is -2.13. The zero-order valence-corrected chi connectivity index (χ0v) is 27.2. The predicted molar refractivity (Wildman–Crippen MR) is 202 cm³/mol. The molecule has 0 spiro atoms. The van der Waals surface area contributed by atoms with Gasteiger partial charge < -0.3 is 13.6 Å². The minimum atomic E-state index is 0.0507. The molecular weight excluding hydrogens is 631 g/mol. The number of ether oxygens (including phenoxy) is 1. The minimum Gasteiger partial charge on any atom is -0.485 e. The summed E-state index contributed by atoms with van der Waals surface area (Å²) >= 11 is 0. The highest BCUT2D eigenvalue weighted by Crippen LogP contribution is 2.44. The van der Waals surface area contributed by atoms with Crippen molar-refractivity contribution in [2.75, 3.05) is 0 Å². The van der Waals surface area contributed by atoms with Crippen LogP contribution in [0.3, 0.4) is 0 Å². The van der Waals surface area contributed by atoms with Gasteiger partial charge in [0.15, 0.2) is 17.5 Å². The normalized spacial score (nSPS) is 16.2.